The normalized spacial score (nSPS) is 26.8. The van der Waals surface area contributed by atoms with Gasteiger partial charge in [0.25, 0.3) is 0 Å². The maximum atomic E-state index is 13.5. The van der Waals surface area contributed by atoms with Crippen molar-refractivity contribution in [2.75, 3.05) is 6.61 Å². The van der Waals surface area contributed by atoms with E-state index < -0.39 is 23.7 Å². The van der Waals surface area contributed by atoms with Crippen molar-refractivity contribution in [2.45, 2.75) is 25.1 Å². The second-order valence-electron chi connectivity index (χ2n) is 4.39. The van der Waals surface area contributed by atoms with Crippen molar-refractivity contribution >= 4 is 11.9 Å². The first-order valence-corrected chi connectivity index (χ1v) is 5.61. The number of alkyl halides is 1. The first kappa shape index (κ1) is 12.5. The minimum atomic E-state index is -1.98. The van der Waals surface area contributed by atoms with Crippen molar-refractivity contribution in [1.82, 2.24) is 0 Å². The number of ether oxygens (including phenoxy) is 2. The number of hydrogen-bond acceptors (Lipinski definition) is 4. The van der Waals surface area contributed by atoms with Crippen LogP contribution in [0.1, 0.15) is 23.7 Å². The zero-order valence-electron chi connectivity index (χ0n) is 9.89. The summed E-state index contributed by atoms with van der Waals surface area (Å²) in [5.74, 6) is -1.41. The maximum Gasteiger partial charge on any atom is 0.344 e. The third-order valence-electron chi connectivity index (χ3n) is 2.72. The van der Waals surface area contributed by atoms with Gasteiger partial charge in [-0.05, 0) is 19.1 Å². The Bertz CT molecular complexity index is 455. The van der Waals surface area contributed by atoms with Crippen LogP contribution in [0.3, 0.4) is 0 Å². The quantitative estimate of drug-likeness (QED) is 0.771. The van der Waals surface area contributed by atoms with Crippen LogP contribution in [0, 0.1) is 0 Å². The predicted molar refractivity (Wildman–Crippen MR) is 60.7 cm³/mol. The smallest absolute Gasteiger partial charge is 0.344 e. The second-order valence-corrected chi connectivity index (χ2v) is 4.39. The average molecular weight is 252 g/mol. The zero-order valence-corrected chi connectivity index (χ0v) is 9.89. The van der Waals surface area contributed by atoms with Gasteiger partial charge in [-0.25, -0.2) is 14.0 Å². The van der Waals surface area contributed by atoms with Gasteiger partial charge in [0.15, 0.2) is 0 Å². The summed E-state index contributed by atoms with van der Waals surface area (Å²) < 4.78 is 23.2. The molecule has 1 unspecified atom stereocenters. The number of hydrogen-bond donors (Lipinski definition) is 0. The van der Waals surface area contributed by atoms with Gasteiger partial charge in [0.1, 0.15) is 12.7 Å². The summed E-state index contributed by atoms with van der Waals surface area (Å²) in [4.78, 5) is 22.7. The van der Waals surface area contributed by atoms with Crippen molar-refractivity contribution in [3.05, 3.63) is 35.9 Å². The number of halogens is 1. The van der Waals surface area contributed by atoms with Gasteiger partial charge in [0, 0.05) is 6.42 Å². The van der Waals surface area contributed by atoms with Crippen LogP contribution in [0.2, 0.25) is 0 Å². The highest BCUT2D eigenvalue weighted by molar-refractivity contribution is 5.89. The lowest BCUT2D eigenvalue weighted by Gasteiger charge is -2.09. The Morgan fingerprint density at radius 3 is 2.72 bits per heavy atom. The lowest BCUT2D eigenvalue weighted by Crippen LogP contribution is -2.23. The molecule has 1 aliphatic rings. The molecule has 0 bridgehead atoms. The van der Waals surface area contributed by atoms with Crippen LogP contribution in [0.5, 0.6) is 0 Å². The highest BCUT2D eigenvalue weighted by atomic mass is 19.1. The van der Waals surface area contributed by atoms with Crippen molar-refractivity contribution in [3.8, 4) is 0 Å². The Morgan fingerprint density at radius 1 is 1.50 bits per heavy atom. The molecular formula is C13H13FO4. The molecule has 5 heteroatoms. The van der Waals surface area contributed by atoms with E-state index in [1.165, 1.54) is 0 Å². The SMILES string of the molecule is C[C@@]1(F)CC(COC(=O)c2ccccc2)OC1=O. The first-order chi connectivity index (χ1) is 8.49. The molecule has 0 aromatic heterocycles. The van der Waals surface area contributed by atoms with E-state index in [2.05, 4.69) is 0 Å². The van der Waals surface area contributed by atoms with Crippen LogP contribution < -0.4 is 0 Å². The van der Waals surface area contributed by atoms with E-state index in [1.807, 2.05) is 0 Å². The highest BCUT2D eigenvalue weighted by Gasteiger charge is 2.46. The molecule has 0 spiro atoms. The molecule has 4 nitrogen and oxygen atoms in total. The van der Waals surface area contributed by atoms with E-state index in [9.17, 15) is 14.0 Å². The fourth-order valence-electron chi connectivity index (χ4n) is 1.75. The fraction of sp³-hybridized carbons (Fsp3) is 0.385. The van der Waals surface area contributed by atoms with Crippen LogP contribution >= 0.6 is 0 Å². The summed E-state index contributed by atoms with van der Waals surface area (Å²) in [6.07, 6.45) is -0.798. The summed E-state index contributed by atoms with van der Waals surface area (Å²) in [7, 11) is 0. The minimum absolute atomic E-state index is 0.0894. The average Bonchev–Trinajstić information content (AvgIpc) is 2.61. The molecule has 0 amide bonds. The van der Waals surface area contributed by atoms with Crippen molar-refractivity contribution < 1.29 is 23.5 Å². The molecule has 2 atom stereocenters. The van der Waals surface area contributed by atoms with E-state index in [1.54, 1.807) is 30.3 Å². The Morgan fingerprint density at radius 2 is 2.17 bits per heavy atom. The Hall–Kier alpha value is -1.91. The lowest BCUT2D eigenvalue weighted by molar-refractivity contribution is -0.150. The largest absolute Gasteiger partial charge is 0.458 e. The number of cyclic esters (lactones) is 1. The van der Waals surface area contributed by atoms with Crippen LogP contribution in [0.15, 0.2) is 30.3 Å². The van der Waals surface area contributed by atoms with E-state index in [0.717, 1.165) is 6.92 Å². The number of esters is 2. The van der Waals surface area contributed by atoms with Gasteiger partial charge in [-0.15, -0.1) is 0 Å². The van der Waals surface area contributed by atoms with Gasteiger partial charge in [-0.2, -0.15) is 0 Å². The van der Waals surface area contributed by atoms with Crippen molar-refractivity contribution in [1.29, 1.82) is 0 Å². The number of carbonyl (C=O) groups excluding carboxylic acids is 2. The van der Waals surface area contributed by atoms with E-state index in [4.69, 9.17) is 9.47 Å². The molecule has 0 saturated carbocycles. The number of benzene rings is 1. The lowest BCUT2D eigenvalue weighted by atomic mass is 10.1. The van der Waals surface area contributed by atoms with Gasteiger partial charge >= 0.3 is 11.9 Å². The van der Waals surface area contributed by atoms with Gasteiger partial charge in [0.2, 0.25) is 5.67 Å². The molecule has 1 saturated heterocycles. The molecule has 96 valence electrons. The first-order valence-electron chi connectivity index (χ1n) is 5.61. The molecule has 1 aromatic rings. The van der Waals surface area contributed by atoms with Crippen LogP contribution in [0.25, 0.3) is 0 Å². The molecule has 2 rings (SSSR count). The monoisotopic (exact) mass is 252 g/mol. The van der Waals surface area contributed by atoms with Gasteiger partial charge in [-0.1, -0.05) is 18.2 Å². The molecule has 1 aliphatic heterocycles. The summed E-state index contributed by atoms with van der Waals surface area (Å²) >= 11 is 0. The van der Waals surface area contributed by atoms with E-state index in [-0.39, 0.29) is 13.0 Å². The molecule has 0 N–H and O–H groups in total. The van der Waals surface area contributed by atoms with Gasteiger partial charge < -0.3 is 9.47 Å². The Kier molecular flexibility index (Phi) is 3.32. The fourth-order valence-corrected chi connectivity index (χ4v) is 1.75. The van der Waals surface area contributed by atoms with Crippen LogP contribution in [-0.2, 0) is 14.3 Å². The summed E-state index contributed by atoms with van der Waals surface area (Å²) in [6, 6.07) is 8.43. The Balaban J connectivity index is 1.87. The van der Waals surface area contributed by atoms with Crippen LogP contribution in [0.4, 0.5) is 4.39 Å². The third kappa shape index (κ3) is 2.67. The van der Waals surface area contributed by atoms with Gasteiger partial charge in [-0.3, -0.25) is 0 Å². The Labute approximate surface area is 104 Å². The number of carbonyl (C=O) groups is 2. The van der Waals surface area contributed by atoms with E-state index in [0.29, 0.717) is 5.56 Å². The molecule has 1 heterocycles. The number of rotatable bonds is 3. The van der Waals surface area contributed by atoms with Crippen molar-refractivity contribution in [2.24, 2.45) is 0 Å². The second kappa shape index (κ2) is 4.76. The molecular weight excluding hydrogens is 239 g/mol. The molecule has 0 aliphatic carbocycles. The summed E-state index contributed by atoms with van der Waals surface area (Å²) in [6.45, 7) is 1.04. The molecule has 0 radical (unpaired) electrons. The standard InChI is InChI=1S/C13H13FO4/c1-13(14)7-10(18-12(13)16)8-17-11(15)9-5-3-2-4-6-9/h2-6,10H,7-8H2,1H3/t10?,13-/m1/s1. The molecule has 1 aromatic carbocycles. The van der Waals surface area contributed by atoms with Gasteiger partial charge in [0.05, 0.1) is 5.56 Å². The summed E-state index contributed by atoms with van der Waals surface area (Å²) in [5.41, 5.74) is -1.58. The predicted octanol–water partition coefficient (Wildman–Crippen LogP) is 1.89. The van der Waals surface area contributed by atoms with Crippen LogP contribution in [-0.4, -0.2) is 30.3 Å². The third-order valence-corrected chi connectivity index (χ3v) is 2.72. The topological polar surface area (TPSA) is 52.6 Å². The van der Waals surface area contributed by atoms with Crippen molar-refractivity contribution in [3.63, 3.8) is 0 Å². The highest BCUT2D eigenvalue weighted by Crippen LogP contribution is 2.29. The minimum Gasteiger partial charge on any atom is -0.458 e. The summed E-state index contributed by atoms with van der Waals surface area (Å²) in [5, 5.41) is 0. The van der Waals surface area contributed by atoms with E-state index >= 15 is 0 Å². The zero-order chi connectivity index (χ0) is 13.2. The molecule has 18 heavy (non-hydrogen) atoms. The maximum absolute atomic E-state index is 13.5. The molecule has 1 fully saturated rings.